The second-order valence-electron chi connectivity index (χ2n) is 6.11. The molecule has 0 amide bonds. The van der Waals surface area contributed by atoms with Gasteiger partial charge in [-0.2, -0.15) is 13.9 Å². The maximum Gasteiger partial charge on any atom is 0.298 e. The van der Waals surface area contributed by atoms with Crippen molar-refractivity contribution in [1.29, 1.82) is 0 Å². The predicted octanol–water partition coefficient (Wildman–Crippen LogP) is 2.78. The SMILES string of the molecule is CC(=O)/C=C/c1ccc(C(F)(F)C(CN(N)/C=N\N)c2ccc(F)cc2)nc1. The lowest BCUT2D eigenvalue weighted by Gasteiger charge is -2.29. The van der Waals surface area contributed by atoms with Crippen molar-refractivity contribution in [2.24, 2.45) is 16.8 Å². The van der Waals surface area contributed by atoms with Crippen LogP contribution < -0.4 is 11.7 Å². The predicted molar refractivity (Wildman–Crippen MR) is 101 cm³/mol. The number of hydrogen-bond donors (Lipinski definition) is 2. The van der Waals surface area contributed by atoms with E-state index >= 15 is 8.78 Å². The van der Waals surface area contributed by atoms with Gasteiger partial charge in [0.25, 0.3) is 5.92 Å². The first-order chi connectivity index (χ1) is 13.2. The van der Waals surface area contributed by atoms with Gasteiger partial charge in [0, 0.05) is 12.7 Å². The first-order valence-electron chi connectivity index (χ1n) is 8.27. The van der Waals surface area contributed by atoms with Crippen LogP contribution in [0.3, 0.4) is 0 Å². The summed E-state index contributed by atoms with van der Waals surface area (Å²) in [5.74, 6) is 5.09. The Morgan fingerprint density at radius 1 is 1.29 bits per heavy atom. The number of hydrogen-bond acceptors (Lipinski definition) is 5. The molecule has 0 saturated carbocycles. The molecule has 0 radical (unpaired) electrons. The standard InChI is InChI=1S/C19H20F3N5O/c1-13(28)2-3-14-4-9-18(25-10-14)19(21,22)17(11-27(24)12-26-23)15-5-7-16(20)8-6-15/h2-10,12,17H,11,23-24H2,1H3/b3-2+,26-12-. The first kappa shape index (κ1) is 21.1. The van der Waals surface area contributed by atoms with E-state index < -0.39 is 23.4 Å². The third-order valence-electron chi connectivity index (χ3n) is 3.96. The Morgan fingerprint density at radius 3 is 2.50 bits per heavy atom. The lowest BCUT2D eigenvalue weighted by atomic mass is 9.89. The van der Waals surface area contributed by atoms with Gasteiger partial charge in [-0.15, -0.1) is 0 Å². The fraction of sp³-hybridized carbons (Fsp3) is 0.211. The van der Waals surface area contributed by atoms with E-state index in [4.69, 9.17) is 11.7 Å². The van der Waals surface area contributed by atoms with Crippen LogP contribution >= 0.6 is 0 Å². The molecule has 1 aromatic heterocycles. The number of carbonyl (C=O) groups is 1. The Kier molecular flexibility index (Phi) is 6.89. The molecule has 2 aromatic rings. The van der Waals surface area contributed by atoms with Crippen molar-refractivity contribution < 1.29 is 18.0 Å². The third kappa shape index (κ3) is 5.40. The van der Waals surface area contributed by atoms with Crippen molar-refractivity contribution in [3.05, 3.63) is 71.3 Å². The van der Waals surface area contributed by atoms with E-state index in [1.165, 1.54) is 49.5 Å². The molecule has 1 heterocycles. The number of hydrazine groups is 1. The minimum Gasteiger partial charge on any atom is -0.322 e. The lowest BCUT2D eigenvalue weighted by molar-refractivity contribution is -0.112. The fourth-order valence-corrected chi connectivity index (χ4v) is 2.56. The average molecular weight is 391 g/mol. The van der Waals surface area contributed by atoms with Gasteiger partial charge in [-0.3, -0.25) is 14.8 Å². The summed E-state index contributed by atoms with van der Waals surface area (Å²) in [6, 6.07) is 7.34. The quantitative estimate of drug-likeness (QED) is 0.237. The molecule has 9 heteroatoms. The van der Waals surface area contributed by atoms with Gasteiger partial charge in [-0.1, -0.05) is 18.2 Å². The largest absolute Gasteiger partial charge is 0.322 e. The van der Waals surface area contributed by atoms with Crippen LogP contribution in [0.4, 0.5) is 13.2 Å². The minimum absolute atomic E-state index is 0.171. The van der Waals surface area contributed by atoms with Crippen molar-refractivity contribution in [1.82, 2.24) is 9.99 Å². The second-order valence-corrected chi connectivity index (χ2v) is 6.11. The average Bonchev–Trinajstić information content (AvgIpc) is 2.66. The van der Waals surface area contributed by atoms with Crippen molar-refractivity contribution >= 4 is 18.2 Å². The molecule has 0 bridgehead atoms. The highest BCUT2D eigenvalue weighted by atomic mass is 19.3. The van der Waals surface area contributed by atoms with Gasteiger partial charge in [-0.25, -0.2) is 10.2 Å². The minimum atomic E-state index is -3.43. The van der Waals surface area contributed by atoms with Crippen LogP contribution in [0.2, 0.25) is 0 Å². The summed E-state index contributed by atoms with van der Waals surface area (Å²) in [4.78, 5) is 14.8. The zero-order valence-electron chi connectivity index (χ0n) is 15.1. The molecule has 148 valence electrons. The van der Waals surface area contributed by atoms with Crippen LogP contribution in [0.1, 0.15) is 29.7 Å². The van der Waals surface area contributed by atoms with Gasteiger partial charge in [0.2, 0.25) is 0 Å². The summed E-state index contributed by atoms with van der Waals surface area (Å²) in [5, 5.41) is 4.14. The van der Waals surface area contributed by atoms with Crippen LogP contribution in [0.5, 0.6) is 0 Å². The van der Waals surface area contributed by atoms with Crippen LogP contribution in [0, 0.1) is 5.82 Å². The summed E-state index contributed by atoms with van der Waals surface area (Å²) in [7, 11) is 0. The van der Waals surface area contributed by atoms with Crippen molar-refractivity contribution in [2.75, 3.05) is 6.54 Å². The molecule has 2 rings (SSSR count). The highest BCUT2D eigenvalue weighted by Crippen LogP contribution is 2.41. The number of allylic oxidation sites excluding steroid dienone is 1. The topological polar surface area (TPSA) is 97.6 Å². The Labute approximate surface area is 160 Å². The molecule has 0 saturated heterocycles. The molecule has 1 aromatic carbocycles. The summed E-state index contributed by atoms with van der Waals surface area (Å²) in [6.07, 6.45) is 5.05. The van der Waals surface area contributed by atoms with Gasteiger partial charge in [0.15, 0.2) is 5.78 Å². The zero-order valence-corrected chi connectivity index (χ0v) is 15.1. The van der Waals surface area contributed by atoms with E-state index in [1.807, 2.05) is 0 Å². The smallest absolute Gasteiger partial charge is 0.298 e. The second kappa shape index (κ2) is 9.14. The molecule has 6 nitrogen and oxygen atoms in total. The van der Waals surface area contributed by atoms with Gasteiger partial charge in [-0.05, 0) is 48.4 Å². The van der Waals surface area contributed by atoms with E-state index in [2.05, 4.69) is 10.1 Å². The summed E-state index contributed by atoms with van der Waals surface area (Å²) < 4.78 is 43.8. The van der Waals surface area contributed by atoms with Crippen molar-refractivity contribution in [2.45, 2.75) is 18.8 Å². The van der Waals surface area contributed by atoms with E-state index in [-0.39, 0.29) is 17.9 Å². The number of aromatic nitrogens is 1. The number of pyridine rings is 1. The molecular formula is C19H20F3N5O. The number of halogens is 3. The molecule has 4 N–H and O–H groups in total. The number of nitrogens with zero attached hydrogens (tertiary/aromatic N) is 3. The van der Waals surface area contributed by atoms with Gasteiger partial charge < -0.3 is 5.84 Å². The molecule has 0 aliphatic heterocycles. The fourth-order valence-electron chi connectivity index (χ4n) is 2.56. The lowest BCUT2D eigenvalue weighted by Crippen LogP contribution is -2.40. The number of nitrogens with two attached hydrogens (primary N) is 2. The molecule has 0 spiro atoms. The highest BCUT2D eigenvalue weighted by molar-refractivity contribution is 5.91. The van der Waals surface area contributed by atoms with Gasteiger partial charge >= 0.3 is 0 Å². The molecule has 1 atom stereocenters. The Balaban J connectivity index is 2.38. The van der Waals surface area contributed by atoms with E-state index in [0.29, 0.717) is 5.56 Å². The van der Waals surface area contributed by atoms with Crippen molar-refractivity contribution in [3.63, 3.8) is 0 Å². The van der Waals surface area contributed by atoms with Crippen molar-refractivity contribution in [3.8, 4) is 0 Å². The number of hydrazone groups is 1. The van der Waals surface area contributed by atoms with E-state index in [9.17, 15) is 9.18 Å². The highest BCUT2D eigenvalue weighted by Gasteiger charge is 2.44. The maximum absolute atomic E-state index is 15.3. The molecular weight excluding hydrogens is 371 g/mol. The molecule has 1 unspecified atom stereocenters. The summed E-state index contributed by atoms with van der Waals surface area (Å²) in [5.41, 5.74) is 0.193. The number of benzene rings is 1. The Bertz CT molecular complexity index is 851. The summed E-state index contributed by atoms with van der Waals surface area (Å²) in [6.45, 7) is 1.04. The van der Waals surface area contributed by atoms with E-state index in [0.717, 1.165) is 23.5 Å². The van der Waals surface area contributed by atoms with Crippen LogP contribution in [0.25, 0.3) is 6.08 Å². The van der Waals surface area contributed by atoms with Gasteiger partial charge in [0.1, 0.15) is 17.8 Å². The molecule has 0 aliphatic rings. The first-order valence-corrected chi connectivity index (χ1v) is 8.27. The van der Waals surface area contributed by atoms with Crippen LogP contribution in [-0.4, -0.2) is 28.7 Å². The Morgan fingerprint density at radius 2 is 1.96 bits per heavy atom. The number of carbonyl (C=O) groups excluding carboxylic acids is 1. The number of ketones is 1. The van der Waals surface area contributed by atoms with Crippen LogP contribution in [0.15, 0.2) is 53.8 Å². The third-order valence-corrected chi connectivity index (χ3v) is 3.96. The monoisotopic (exact) mass is 391 g/mol. The molecule has 0 fully saturated rings. The number of rotatable bonds is 8. The normalized spacial score (nSPS) is 13.2. The van der Waals surface area contributed by atoms with Gasteiger partial charge in [0.05, 0.1) is 5.92 Å². The maximum atomic E-state index is 15.3. The summed E-state index contributed by atoms with van der Waals surface area (Å²) >= 11 is 0. The molecule has 0 aliphatic carbocycles. The van der Waals surface area contributed by atoms with E-state index in [1.54, 1.807) is 0 Å². The molecule has 28 heavy (non-hydrogen) atoms. The zero-order chi connectivity index (χ0) is 20.7. The van der Waals surface area contributed by atoms with Crippen LogP contribution in [-0.2, 0) is 10.7 Å². The number of alkyl halides is 2. The Hall–Kier alpha value is -3.20.